The van der Waals surface area contributed by atoms with Crippen molar-refractivity contribution in [1.82, 2.24) is 14.6 Å². The van der Waals surface area contributed by atoms with Crippen LogP contribution in [0.25, 0.3) is 5.52 Å². The second kappa shape index (κ2) is 6.70. The average molecular weight is 296 g/mol. The summed E-state index contributed by atoms with van der Waals surface area (Å²) in [5.41, 5.74) is 1.95. The van der Waals surface area contributed by atoms with Gasteiger partial charge in [-0.05, 0) is 38.3 Å². The van der Waals surface area contributed by atoms with Crippen LogP contribution in [0.1, 0.15) is 37.7 Å². The summed E-state index contributed by atoms with van der Waals surface area (Å²) in [6, 6.07) is 3.70. The number of rotatable bonds is 6. The summed E-state index contributed by atoms with van der Waals surface area (Å²) >= 11 is 5.92. The molecule has 0 bridgehead atoms. The van der Waals surface area contributed by atoms with Gasteiger partial charge in [0.05, 0.1) is 17.8 Å². The van der Waals surface area contributed by atoms with Crippen molar-refractivity contribution in [3.05, 3.63) is 28.8 Å². The molecule has 20 heavy (non-hydrogen) atoms. The Labute approximate surface area is 122 Å². The van der Waals surface area contributed by atoms with Crippen molar-refractivity contribution < 1.29 is 9.53 Å². The van der Waals surface area contributed by atoms with Crippen LogP contribution in [-0.4, -0.2) is 27.2 Å². The van der Waals surface area contributed by atoms with Gasteiger partial charge in [-0.15, -0.1) is 0 Å². The van der Waals surface area contributed by atoms with Gasteiger partial charge in [0.15, 0.2) is 0 Å². The van der Waals surface area contributed by atoms with E-state index < -0.39 is 0 Å². The van der Waals surface area contributed by atoms with E-state index >= 15 is 0 Å². The van der Waals surface area contributed by atoms with Crippen LogP contribution in [-0.2, 0) is 16.0 Å². The fourth-order valence-electron chi connectivity index (χ4n) is 2.11. The average Bonchev–Trinajstić information content (AvgIpc) is 2.69. The third kappa shape index (κ3) is 3.70. The van der Waals surface area contributed by atoms with Gasteiger partial charge in [0, 0.05) is 13.3 Å². The lowest BCUT2D eigenvalue weighted by Gasteiger charge is -2.02. The molecular formula is C14H18ClN3O2. The molecule has 0 aliphatic rings. The standard InChI is InChI=1S/C14H18ClN3O2/c1-10-12-7-8-13(15)17-18(12)14(16-10)6-4-3-5-9-20-11(2)19/h7-8H,3-6,9H2,1-2H3. The minimum absolute atomic E-state index is 0.223. The molecule has 0 spiro atoms. The lowest BCUT2D eigenvalue weighted by Crippen LogP contribution is -2.02. The number of carbonyl (C=O) groups excluding carboxylic acids is 1. The lowest BCUT2D eigenvalue weighted by atomic mass is 10.2. The summed E-state index contributed by atoms with van der Waals surface area (Å²) in [5.74, 6) is 0.700. The maximum atomic E-state index is 10.6. The Bertz CT molecular complexity index is 610. The molecular weight excluding hydrogens is 278 g/mol. The van der Waals surface area contributed by atoms with Crippen LogP contribution in [0.2, 0.25) is 5.15 Å². The molecule has 0 aromatic carbocycles. The first-order valence-electron chi connectivity index (χ1n) is 6.72. The number of esters is 1. The van der Waals surface area contributed by atoms with Crippen molar-refractivity contribution in [1.29, 1.82) is 0 Å². The molecule has 6 heteroatoms. The molecule has 0 unspecified atom stereocenters. The van der Waals surface area contributed by atoms with Gasteiger partial charge in [0.2, 0.25) is 0 Å². The third-order valence-electron chi connectivity index (χ3n) is 3.06. The van der Waals surface area contributed by atoms with E-state index in [9.17, 15) is 4.79 Å². The maximum Gasteiger partial charge on any atom is 0.302 e. The molecule has 2 aromatic rings. The summed E-state index contributed by atoms with van der Waals surface area (Å²) in [7, 11) is 0. The number of carbonyl (C=O) groups is 1. The molecule has 0 N–H and O–H groups in total. The molecule has 0 atom stereocenters. The fourth-order valence-corrected chi connectivity index (χ4v) is 2.25. The number of nitrogens with zero attached hydrogens (tertiary/aromatic N) is 3. The van der Waals surface area contributed by atoms with E-state index in [1.807, 2.05) is 17.5 Å². The minimum Gasteiger partial charge on any atom is -0.466 e. The number of fused-ring (bicyclic) bond motifs is 1. The molecule has 2 rings (SSSR count). The quantitative estimate of drug-likeness (QED) is 0.607. The van der Waals surface area contributed by atoms with Crippen molar-refractivity contribution in [2.24, 2.45) is 0 Å². The molecule has 0 fully saturated rings. The van der Waals surface area contributed by atoms with Crippen LogP contribution < -0.4 is 0 Å². The van der Waals surface area contributed by atoms with Gasteiger partial charge < -0.3 is 4.74 Å². The Morgan fingerprint density at radius 1 is 1.35 bits per heavy atom. The second-order valence-electron chi connectivity index (χ2n) is 4.72. The first-order chi connectivity index (χ1) is 9.58. The molecule has 0 saturated heterocycles. The first-order valence-corrected chi connectivity index (χ1v) is 7.10. The molecule has 0 radical (unpaired) electrons. The summed E-state index contributed by atoms with van der Waals surface area (Å²) in [5, 5.41) is 4.75. The Kier molecular flexibility index (Phi) is 4.95. The minimum atomic E-state index is -0.223. The molecule has 0 aliphatic heterocycles. The molecule has 2 aromatic heterocycles. The molecule has 5 nitrogen and oxygen atoms in total. The third-order valence-corrected chi connectivity index (χ3v) is 3.27. The number of aryl methyl sites for hydroxylation is 2. The highest BCUT2D eigenvalue weighted by Gasteiger charge is 2.09. The van der Waals surface area contributed by atoms with Crippen molar-refractivity contribution >= 4 is 23.1 Å². The smallest absolute Gasteiger partial charge is 0.302 e. The molecule has 0 amide bonds. The highest BCUT2D eigenvalue weighted by atomic mass is 35.5. The molecule has 0 saturated carbocycles. The summed E-state index contributed by atoms with van der Waals surface area (Å²) < 4.78 is 6.70. The predicted molar refractivity (Wildman–Crippen MR) is 76.9 cm³/mol. The van der Waals surface area contributed by atoms with E-state index in [1.54, 1.807) is 6.07 Å². The number of halogens is 1. The number of hydrogen-bond donors (Lipinski definition) is 0. The van der Waals surface area contributed by atoms with Crippen LogP contribution >= 0.6 is 11.6 Å². The Balaban J connectivity index is 1.90. The zero-order valence-electron chi connectivity index (χ0n) is 11.7. The predicted octanol–water partition coefficient (Wildman–Crippen LogP) is 2.97. The van der Waals surface area contributed by atoms with Gasteiger partial charge in [0.1, 0.15) is 11.0 Å². The van der Waals surface area contributed by atoms with E-state index in [4.69, 9.17) is 16.3 Å². The van der Waals surface area contributed by atoms with Crippen LogP contribution in [0, 0.1) is 6.92 Å². The summed E-state index contributed by atoms with van der Waals surface area (Å²) in [4.78, 5) is 15.2. The zero-order chi connectivity index (χ0) is 14.5. The number of aromatic nitrogens is 3. The zero-order valence-corrected chi connectivity index (χ0v) is 12.5. The van der Waals surface area contributed by atoms with Gasteiger partial charge in [0.25, 0.3) is 0 Å². The lowest BCUT2D eigenvalue weighted by molar-refractivity contribution is -0.141. The summed E-state index contributed by atoms with van der Waals surface area (Å²) in [6.07, 6.45) is 3.67. The van der Waals surface area contributed by atoms with E-state index in [0.717, 1.165) is 42.7 Å². The van der Waals surface area contributed by atoms with E-state index in [1.165, 1.54) is 6.92 Å². The Hall–Kier alpha value is -1.62. The first kappa shape index (κ1) is 14.8. The summed E-state index contributed by atoms with van der Waals surface area (Å²) in [6.45, 7) is 3.88. The van der Waals surface area contributed by atoms with Gasteiger partial charge in [-0.2, -0.15) is 5.10 Å². The van der Waals surface area contributed by atoms with Crippen molar-refractivity contribution in [3.8, 4) is 0 Å². The Morgan fingerprint density at radius 2 is 2.15 bits per heavy atom. The van der Waals surface area contributed by atoms with E-state index in [-0.39, 0.29) is 5.97 Å². The van der Waals surface area contributed by atoms with E-state index in [0.29, 0.717) is 11.8 Å². The van der Waals surface area contributed by atoms with Crippen LogP contribution in [0.4, 0.5) is 0 Å². The van der Waals surface area contributed by atoms with Gasteiger partial charge >= 0.3 is 5.97 Å². The topological polar surface area (TPSA) is 56.5 Å². The van der Waals surface area contributed by atoms with Gasteiger partial charge in [-0.1, -0.05) is 11.6 Å². The Morgan fingerprint density at radius 3 is 2.90 bits per heavy atom. The normalized spacial score (nSPS) is 10.9. The number of hydrogen-bond acceptors (Lipinski definition) is 4. The van der Waals surface area contributed by atoms with Crippen LogP contribution in [0.5, 0.6) is 0 Å². The fraction of sp³-hybridized carbons (Fsp3) is 0.500. The maximum absolute atomic E-state index is 10.6. The number of unbranched alkanes of at least 4 members (excludes halogenated alkanes) is 2. The highest BCUT2D eigenvalue weighted by Crippen LogP contribution is 2.15. The molecule has 0 aliphatic carbocycles. The monoisotopic (exact) mass is 295 g/mol. The number of imidazole rings is 1. The molecule has 2 heterocycles. The van der Waals surface area contributed by atoms with Crippen molar-refractivity contribution in [2.45, 2.75) is 39.5 Å². The highest BCUT2D eigenvalue weighted by molar-refractivity contribution is 6.29. The number of ether oxygens (including phenoxy) is 1. The second-order valence-corrected chi connectivity index (χ2v) is 5.10. The SMILES string of the molecule is CC(=O)OCCCCCc1nc(C)c2ccc(Cl)nn12. The van der Waals surface area contributed by atoms with Crippen LogP contribution in [0.15, 0.2) is 12.1 Å². The van der Waals surface area contributed by atoms with E-state index in [2.05, 4.69) is 10.1 Å². The molecule has 108 valence electrons. The van der Waals surface area contributed by atoms with Crippen molar-refractivity contribution in [3.63, 3.8) is 0 Å². The van der Waals surface area contributed by atoms with Crippen LogP contribution in [0.3, 0.4) is 0 Å². The largest absolute Gasteiger partial charge is 0.466 e. The van der Waals surface area contributed by atoms with Gasteiger partial charge in [-0.3, -0.25) is 4.79 Å². The van der Waals surface area contributed by atoms with Crippen molar-refractivity contribution in [2.75, 3.05) is 6.61 Å². The van der Waals surface area contributed by atoms with Gasteiger partial charge in [-0.25, -0.2) is 9.50 Å².